The first-order valence-corrected chi connectivity index (χ1v) is 11.4. The molecular weight excluding hydrogens is 435 g/mol. The molecule has 0 saturated carbocycles. The number of H-pyrrole nitrogens is 2. The fourth-order valence-corrected chi connectivity index (χ4v) is 4.55. The number of halogens is 1. The summed E-state index contributed by atoms with van der Waals surface area (Å²) in [5.41, 5.74) is 3.64. The van der Waals surface area contributed by atoms with Crippen LogP contribution in [0.3, 0.4) is 0 Å². The average Bonchev–Trinajstić information content (AvgIpc) is 3.43. The number of fused-ring (bicyclic) bond motifs is 2. The monoisotopic (exact) mass is 462 g/mol. The number of nitrogens with one attached hydrogen (secondary N) is 3. The minimum Gasteiger partial charge on any atom is -0.361 e. The second kappa shape index (κ2) is 9.26. The largest absolute Gasteiger partial charge is 0.361 e. The van der Waals surface area contributed by atoms with Crippen molar-refractivity contribution in [1.29, 1.82) is 0 Å². The van der Waals surface area contributed by atoms with E-state index in [0.717, 1.165) is 35.1 Å². The van der Waals surface area contributed by atoms with E-state index in [9.17, 15) is 14.0 Å². The molecule has 1 aromatic carbocycles. The molecule has 0 bridgehead atoms. The number of nitrogens with zero attached hydrogens (tertiary/aromatic N) is 3. The molecule has 0 radical (unpaired) electrons. The highest BCUT2D eigenvalue weighted by atomic mass is 19.1. The first-order chi connectivity index (χ1) is 16.5. The van der Waals surface area contributed by atoms with Gasteiger partial charge in [-0.1, -0.05) is 0 Å². The summed E-state index contributed by atoms with van der Waals surface area (Å²) < 4.78 is 13.6. The van der Waals surface area contributed by atoms with Crippen molar-refractivity contribution in [2.24, 2.45) is 0 Å². The second-order valence-electron chi connectivity index (χ2n) is 8.77. The predicted molar refractivity (Wildman–Crippen MR) is 128 cm³/mol. The minimum atomic E-state index is -0.289. The Bertz CT molecular complexity index is 1350. The van der Waals surface area contributed by atoms with E-state index in [2.05, 4.69) is 32.2 Å². The normalized spacial score (nSPS) is 14.7. The van der Waals surface area contributed by atoms with Gasteiger partial charge in [0.15, 0.2) is 0 Å². The molecule has 34 heavy (non-hydrogen) atoms. The lowest BCUT2D eigenvalue weighted by Crippen LogP contribution is -2.47. The first kappa shape index (κ1) is 22.1. The Kier molecular flexibility index (Phi) is 6.02. The third-order valence-corrected chi connectivity index (χ3v) is 6.51. The Morgan fingerprint density at radius 3 is 2.71 bits per heavy atom. The third-order valence-electron chi connectivity index (χ3n) is 6.51. The zero-order valence-corrected chi connectivity index (χ0v) is 19.0. The average molecular weight is 463 g/mol. The molecule has 5 rings (SSSR count). The van der Waals surface area contributed by atoms with Crippen LogP contribution in [0.15, 0.2) is 42.9 Å². The van der Waals surface area contributed by atoms with Crippen molar-refractivity contribution < 1.29 is 14.0 Å². The van der Waals surface area contributed by atoms with E-state index in [1.807, 2.05) is 11.1 Å². The smallest absolute Gasteiger partial charge is 0.252 e. The van der Waals surface area contributed by atoms with Crippen molar-refractivity contribution in [3.63, 3.8) is 0 Å². The van der Waals surface area contributed by atoms with E-state index in [4.69, 9.17) is 0 Å². The van der Waals surface area contributed by atoms with Gasteiger partial charge in [0, 0.05) is 67.6 Å². The molecule has 4 heterocycles. The summed E-state index contributed by atoms with van der Waals surface area (Å²) in [6.45, 7) is 3.53. The van der Waals surface area contributed by atoms with Gasteiger partial charge in [-0.3, -0.25) is 9.59 Å². The number of amides is 2. The van der Waals surface area contributed by atoms with Crippen molar-refractivity contribution in [2.45, 2.75) is 12.8 Å². The molecule has 1 aliphatic rings. The number of rotatable bonds is 6. The highest BCUT2D eigenvalue weighted by Crippen LogP contribution is 2.23. The van der Waals surface area contributed by atoms with Crippen molar-refractivity contribution in [2.75, 3.05) is 39.8 Å². The first-order valence-electron chi connectivity index (χ1n) is 11.4. The van der Waals surface area contributed by atoms with Crippen LogP contribution < -0.4 is 5.32 Å². The number of aromatic amines is 2. The molecule has 1 saturated heterocycles. The van der Waals surface area contributed by atoms with Crippen molar-refractivity contribution in [1.82, 2.24) is 30.1 Å². The molecule has 0 unspecified atom stereocenters. The molecule has 0 spiro atoms. The predicted octanol–water partition coefficient (Wildman–Crippen LogP) is 2.47. The van der Waals surface area contributed by atoms with Gasteiger partial charge in [0.05, 0.1) is 12.0 Å². The van der Waals surface area contributed by atoms with Crippen molar-refractivity contribution in [3.05, 3.63) is 65.4 Å². The molecule has 3 aromatic heterocycles. The van der Waals surface area contributed by atoms with Crippen LogP contribution in [0.4, 0.5) is 4.39 Å². The fourth-order valence-electron chi connectivity index (χ4n) is 4.55. The van der Waals surface area contributed by atoms with Crippen LogP contribution in [0.2, 0.25) is 0 Å². The van der Waals surface area contributed by atoms with Crippen molar-refractivity contribution >= 4 is 33.8 Å². The lowest BCUT2D eigenvalue weighted by molar-refractivity contribution is -0.132. The van der Waals surface area contributed by atoms with Gasteiger partial charge in [-0.2, -0.15) is 0 Å². The Morgan fingerprint density at radius 2 is 1.88 bits per heavy atom. The number of carbonyl (C=O) groups excluding carboxylic acids is 2. The number of aromatic nitrogens is 3. The molecule has 4 aromatic rings. The van der Waals surface area contributed by atoms with E-state index >= 15 is 0 Å². The molecule has 0 atom stereocenters. The highest BCUT2D eigenvalue weighted by molar-refractivity contribution is 6.07. The summed E-state index contributed by atoms with van der Waals surface area (Å²) >= 11 is 0. The molecular formula is C25H27FN6O2. The SMILES string of the molecule is CN1CCN(C(=O)Cc2c[nH]c3nccc(C(=O)NCCc4c[nH]c5ccc(F)cc45)c23)CC1. The molecule has 9 heteroatoms. The summed E-state index contributed by atoms with van der Waals surface area (Å²) in [5, 5.41) is 4.45. The maximum atomic E-state index is 13.6. The number of benzene rings is 1. The summed E-state index contributed by atoms with van der Waals surface area (Å²) in [7, 11) is 2.05. The van der Waals surface area contributed by atoms with E-state index in [1.54, 1.807) is 24.5 Å². The summed E-state index contributed by atoms with van der Waals surface area (Å²) in [6, 6.07) is 6.30. The maximum Gasteiger partial charge on any atom is 0.252 e. The van der Waals surface area contributed by atoms with Gasteiger partial charge in [-0.15, -0.1) is 0 Å². The number of hydrogen-bond acceptors (Lipinski definition) is 4. The molecule has 1 aliphatic heterocycles. The Balaban J connectivity index is 1.29. The third kappa shape index (κ3) is 4.38. The summed E-state index contributed by atoms with van der Waals surface area (Å²) in [6.07, 6.45) is 5.97. The number of likely N-dealkylation sites (N-methyl/N-ethyl adjacent to an activating group) is 1. The number of piperazine rings is 1. The lowest BCUT2D eigenvalue weighted by atomic mass is 10.1. The topological polar surface area (TPSA) is 97.1 Å². The van der Waals surface area contributed by atoms with Crippen LogP contribution in [0, 0.1) is 5.82 Å². The number of pyridine rings is 1. The quantitative estimate of drug-likeness (QED) is 0.410. The Labute approximate surface area is 196 Å². The minimum absolute atomic E-state index is 0.0516. The van der Waals surface area contributed by atoms with Gasteiger partial charge < -0.3 is 25.1 Å². The molecule has 176 valence electrons. The fraction of sp³-hybridized carbons (Fsp3) is 0.320. The van der Waals surface area contributed by atoms with Gasteiger partial charge in [-0.25, -0.2) is 9.37 Å². The Morgan fingerprint density at radius 1 is 1.09 bits per heavy atom. The number of hydrogen-bond donors (Lipinski definition) is 3. The molecule has 2 amide bonds. The van der Waals surface area contributed by atoms with Gasteiger partial charge in [0.25, 0.3) is 5.91 Å². The highest BCUT2D eigenvalue weighted by Gasteiger charge is 2.22. The summed E-state index contributed by atoms with van der Waals surface area (Å²) in [4.78, 5) is 40.6. The zero-order chi connectivity index (χ0) is 23.7. The van der Waals surface area contributed by atoms with E-state index in [1.165, 1.54) is 12.1 Å². The molecule has 8 nitrogen and oxygen atoms in total. The molecule has 0 aliphatic carbocycles. The van der Waals surface area contributed by atoms with E-state index < -0.39 is 0 Å². The van der Waals surface area contributed by atoms with E-state index in [-0.39, 0.29) is 24.1 Å². The Hall–Kier alpha value is -3.72. The lowest BCUT2D eigenvalue weighted by Gasteiger charge is -2.32. The zero-order valence-electron chi connectivity index (χ0n) is 19.0. The van der Waals surface area contributed by atoms with Gasteiger partial charge in [0.2, 0.25) is 5.91 Å². The number of carbonyl (C=O) groups is 2. The van der Waals surface area contributed by atoms with Crippen LogP contribution in [-0.4, -0.2) is 76.3 Å². The second-order valence-corrected chi connectivity index (χ2v) is 8.77. The van der Waals surface area contributed by atoms with Crippen LogP contribution in [0.5, 0.6) is 0 Å². The standard InChI is InChI=1S/C25H27FN6O2/c1-31-8-10-32(11-9-31)22(33)12-17-15-30-24-23(17)19(5-7-27-24)25(34)28-6-4-16-14-29-21-3-2-18(26)13-20(16)21/h2-3,5,7,13-15,29H,4,6,8-12H2,1H3,(H,27,30)(H,28,34). The van der Waals surface area contributed by atoms with Crippen LogP contribution >= 0.6 is 0 Å². The van der Waals surface area contributed by atoms with Crippen molar-refractivity contribution in [3.8, 4) is 0 Å². The van der Waals surface area contributed by atoms with Gasteiger partial charge >= 0.3 is 0 Å². The van der Waals surface area contributed by atoms with Crippen LogP contribution in [-0.2, 0) is 17.6 Å². The van der Waals surface area contributed by atoms with Gasteiger partial charge in [-0.05, 0) is 48.9 Å². The van der Waals surface area contributed by atoms with Crippen LogP contribution in [0.1, 0.15) is 21.5 Å². The molecule has 1 fully saturated rings. The van der Waals surface area contributed by atoms with E-state index in [0.29, 0.717) is 42.7 Å². The van der Waals surface area contributed by atoms with Crippen LogP contribution in [0.25, 0.3) is 21.9 Å². The maximum absolute atomic E-state index is 13.6. The summed E-state index contributed by atoms with van der Waals surface area (Å²) in [5.74, 6) is -0.468. The van der Waals surface area contributed by atoms with Gasteiger partial charge in [0.1, 0.15) is 11.5 Å². The molecule has 3 N–H and O–H groups in total.